The first-order valence-corrected chi connectivity index (χ1v) is 7.05. The summed E-state index contributed by atoms with van der Waals surface area (Å²) in [6, 6.07) is 16.2. The first-order chi connectivity index (χ1) is 9.70. The molecular weight excluding hydrogens is 248 g/mol. The normalized spacial score (nSPS) is 12.2. The van der Waals surface area contributed by atoms with Crippen molar-refractivity contribution in [2.45, 2.75) is 32.3 Å². The Kier molecular flexibility index (Phi) is 5.19. The Morgan fingerprint density at radius 3 is 2.35 bits per heavy atom. The van der Waals surface area contributed by atoms with Crippen molar-refractivity contribution in [1.82, 2.24) is 0 Å². The quantitative estimate of drug-likeness (QED) is 0.870. The fourth-order valence-electron chi connectivity index (χ4n) is 2.44. The fraction of sp³-hybridized carbons (Fsp3) is 0.333. The maximum Gasteiger partial charge on any atom is 0.122 e. The van der Waals surface area contributed by atoms with E-state index in [9.17, 15) is 5.11 Å². The SMILES string of the molecule is COc1ccccc1CC(O)CCc1ccccc1C. The van der Waals surface area contributed by atoms with Gasteiger partial charge in [0.15, 0.2) is 0 Å². The number of benzene rings is 2. The Balaban J connectivity index is 1.93. The number of para-hydroxylation sites is 1. The third-order valence-corrected chi connectivity index (χ3v) is 3.66. The zero-order valence-corrected chi connectivity index (χ0v) is 12.2. The van der Waals surface area contributed by atoms with Crippen molar-refractivity contribution >= 4 is 0 Å². The summed E-state index contributed by atoms with van der Waals surface area (Å²) >= 11 is 0. The van der Waals surface area contributed by atoms with E-state index >= 15 is 0 Å². The largest absolute Gasteiger partial charge is 0.496 e. The predicted molar refractivity (Wildman–Crippen MR) is 82.2 cm³/mol. The van der Waals surface area contributed by atoms with E-state index in [1.54, 1.807) is 7.11 Å². The number of aliphatic hydroxyl groups is 1. The van der Waals surface area contributed by atoms with Gasteiger partial charge in [0.1, 0.15) is 5.75 Å². The van der Waals surface area contributed by atoms with Crippen LogP contribution in [0.1, 0.15) is 23.1 Å². The highest BCUT2D eigenvalue weighted by atomic mass is 16.5. The van der Waals surface area contributed by atoms with Gasteiger partial charge in [-0.15, -0.1) is 0 Å². The lowest BCUT2D eigenvalue weighted by Crippen LogP contribution is -2.12. The van der Waals surface area contributed by atoms with Gasteiger partial charge in [0.25, 0.3) is 0 Å². The van der Waals surface area contributed by atoms with Crippen LogP contribution in [0.4, 0.5) is 0 Å². The van der Waals surface area contributed by atoms with Gasteiger partial charge in [0.2, 0.25) is 0 Å². The Morgan fingerprint density at radius 1 is 1.00 bits per heavy atom. The number of hydrogen-bond donors (Lipinski definition) is 1. The van der Waals surface area contributed by atoms with Crippen molar-refractivity contribution in [2.75, 3.05) is 7.11 Å². The minimum Gasteiger partial charge on any atom is -0.496 e. The number of methoxy groups -OCH3 is 1. The molecule has 0 saturated heterocycles. The maximum atomic E-state index is 10.2. The van der Waals surface area contributed by atoms with E-state index in [1.165, 1.54) is 11.1 Å². The second-order valence-electron chi connectivity index (χ2n) is 5.13. The van der Waals surface area contributed by atoms with E-state index in [0.29, 0.717) is 6.42 Å². The van der Waals surface area contributed by atoms with Crippen molar-refractivity contribution in [2.24, 2.45) is 0 Å². The summed E-state index contributed by atoms with van der Waals surface area (Å²) in [7, 11) is 1.67. The summed E-state index contributed by atoms with van der Waals surface area (Å²) in [5.74, 6) is 0.849. The number of aliphatic hydroxyl groups excluding tert-OH is 1. The van der Waals surface area contributed by atoms with Gasteiger partial charge in [-0.1, -0.05) is 42.5 Å². The van der Waals surface area contributed by atoms with Crippen LogP contribution in [0.25, 0.3) is 0 Å². The van der Waals surface area contributed by atoms with E-state index < -0.39 is 0 Å². The molecule has 2 heteroatoms. The second kappa shape index (κ2) is 7.11. The van der Waals surface area contributed by atoms with E-state index in [1.807, 2.05) is 30.3 Å². The van der Waals surface area contributed by atoms with Gasteiger partial charge in [0.05, 0.1) is 13.2 Å². The summed E-state index contributed by atoms with van der Waals surface area (Å²) in [6.45, 7) is 2.11. The Bertz CT molecular complexity index is 549. The van der Waals surface area contributed by atoms with Gasteiger partial charge in [-0.25, -0.2) is 0 Å². The molecule has 106 valence electrons. The van der Waals surface area contributed by atoms with Crippen molar-refractivity contribution in [3.05, 3.63) is 65.2 Å². The standard InChI is InChI=1S/C18H22O2/c1-14-7-3-4-8-15(14)11-12-17(19)13-16-9-5-6-10-18(16)20-2/h3-10,17,19H,11-13H2,1-2H3. The number of rotatable bonds is 6. The van der Waals surface area contributed by atoms with Crippen molar-refractivity contribution < 1.29 is 9.84 Å². The highest BCUT2D eigenvalue weighted by Gasteiger charge is 2.10. The number of ether oxygens (including phenoxy) is 1. The fourth-order valence-corrected chi connectivity index (χ4v) is 2.44. The molecule has 1 atom stereocenters. The Hall–Kier alpha value is -1.80. The van der Waals surface area contributed by atoms with E-state index in [0.717, 1.165) is 24.2 Å². The molecule has 0 spiro atoms. The molecule has 0 radical (unpaired) electrons. The smallest absolute Gasteiger partial charge is 0.122 e. The van der Waals surface area contributed by atoms with Gasteiger partial charge in [-0.3, -0.25) is 0 Å². The molecule has 2 aromatic carbocycles. The second-order valence-corrected chi connectivity index (χ2v) is 5.13. The lowest BCUT2D eigenvalue weighted by atomic mass is 9.98. The monoisotopic (exact) mass is 270 g/mol. The molecule has 1 unspecified atom stereocenters. The van der Waals surface area contributed by atoms with Crippen LogP contribution in [0, 0.1) is 6.92 Å². The minimum absolute atomic E-state index is 0.342. The van der Waals surface area contributed by atoms with Gasteiger partial charge >= 0.3 is 0 Å². The molecule has 2 aromatic rings. The van der Waals surface area contributed by atoms with Gasteiger partial charge in [0, 0.05) is 6.42 Å². The molecule has 0 bridgehead atoms. The average molecular weight is 270 g/mol. The molecule has 0 aromatic heterocycles. The maximum absolute atomic E-state index is 10.2. The van der Waals surface area contributed by atoms with E-state index in [-0.39, 0.29) is 6.10 Å². The van der Waals surface area contributed by atoms with Crippen LogP contribution in [0.3, 0.4) is 0 Å². The van der Waals surface area contributed by atoms with Gasteiger partial charge in [-0.05, 0) is 42.5 Å². The predicted octanol–water partition coefficient (Wildman–Crippen LogP) is 3.54. The molecule has 0 heterocycles. The molecular formula is C18H22O2. The molecule has 0 fully saturated rings. The molecule has 1 N–H and O–H groups in total. The zero-order chi connectivity index (χ0) is 14.4. The third-order valence-electron chi connectivity index (χ3n) is 3.66. The van der Waals surface area contributed by atoms with E-state index in [4.69, 9.17) is 4.74 Å². The number of hydrogen-bond acceptors (Lipinski definition) is 2. The third kappa shape index (κ3) is 3.84. The zero-order valence-electron chi connectivity index (χ0n) is 12.2. The number of aryl methyl sites for hydroxylation is 2. The summed E-state index contributed by atoms with van der Waals surface area (Å²) < 4.78 is 5.32. The molecule has 0 aliphatic carbocycles. The van der Waals surface area contributed by atoms with Crippen molar-refractivity contribution in [3.8, 4) is 5.75 Å². The summed E-state index contributed by atoms with van der Waals surface area (Å²) in [4.78, 5) is 0. The minimum atomic E-state index is -0.342. The van der Waals surface area contributed by atoms with Crippen LogP contribution in [-0.4, -0.2) is 18.3 Å². The van der Waals surface area contributed by atoms with Crippen LogP contribution >= 0.6 is 0 Å². The molecule has 0 amide bonds. The highest BCUT2D eigenvalue weighted by molar-refractivity contribution is 5.33. The molecule has 0 aliphatic rings. The summed E-state index contributed by atoms with van der Waals surface area (Å²) in [5.41, 5.74) is 3.66. The van der Waals surface area contributed by atoms with Gasteiger partial charge < -0.3 is 9.84 Å². The Morgan fingerprint density at radius 2 is 1.65 bits per heavy atom. The molecule has 2 nitrogen and oxygen atoms in total. The Labute approximate surface area is 121 Å². The topological polar surface area (TPSA) is 29.5 Å². The van der Waals surface area contributed by atoms with Gasteiger partial charge in [-0.2, -0.15) is 0 Å². The van der Waals surface area contributed by atoms with Crippen LogP contribution in [-0.2, 0) is 12.8 Å². The summed E-state index contributed by atoms with van der Waals surface area (Å²) in [5, 5.41) is 10.2. The average Bonchev–Trinajstić information content (AvgIpc) is 2.47. The van der Waals surface area contributed by atoms with Crippen molar-refractivity contribution in [3.63, 3.8) is 0 Å². The summed E-state index contributed by atoms with van der Waals surface area (Å²) in [6.07, 6.45) is 1.97. The van der Waals surface area contributed by atoms with Crippen LogP contribution < -0.4 is 4.74 Å². The van der Waals surface area contributed by atoms with Crippen LogP contribution in [0.15, 0.2) is 48.5 Å². The van der Waals surface area contributed by atoms with E-state index in [2.05, 4.69) is 25.1 Å². The first-order valence-electron chi connectivity index (χ1n) is 7.05. The lowest BCUT2D eigenvalue weighted by Gasteiger charge is -2.14. The first kappa shape index (κ1) is 14.6. The molecule has 20 heavy (non-hydrogen) atoms. The molecule has 0 aliphatic heterocycles. The van der Waals surface area contributed by atoms with Crippen LogP contribution in [0.2, 0.25) is 0 Å². The molecule has 2 rings (SSSR count). The highest BCUT2D eigenvalue weighted by Crippen LogP contribution is 2.20. The van der Waals surface area contributed by atoms with Crippen LogP contribution in [0.5, 0.6) is 5.75 Å². The lowest BCUT2D eigenvalue weighted by molar-refractivity contribution is 0.164. The van der Waals surface area contributed by atoms with Crippen molar-refractivity contribution in [1.29, 1.82) is 0 Å². The molecule has 0 saturated carbocycles.